The molecule has 0 spiro atoms. The zero-order valence-corrected chi connectivity index (χ0v) is 9.19. The molecule has 1 aliphatic heterocycles. The van der Waals surface area contributed by atoms with Gasteiger partial charge in [0.15, 0.2) is 0 Å². The number of rotatable bonds is 3. The van der Waals surface area contributed by atoms with E-state index in [0.717, 1.165) is 13.1 Å². The minimum Gasteiger partial charge on any atom is -0.371 e. The Kier molecular flexibility index (Phi) is 3.23. The average molecular weight is 206 g/mol. The third-order valence-corrected chi connectivity index (χ3v) is 2.84. The Labute approximate surface area is 90.9 Å². The van der Waals surface area contributed by atoms with Gasteiger partial charge < -0.3 is 10.1 Å². The van der Waals surface area contributed by atoms with Gasteiger partial charge in [-0.1, -0.05) is 18.2 Å². The van der Waals surface area contributed by atoms with Gasteiger partial charge in [-0.2, -0.15) is 5.06 Å². The molecule has 0 aliphatic carbocycles. The van der Waals surface area contributed by atoms with Gasteiger partial charge in [0.1, 0.15) is 0 Å². The summed E-state index contributed by atoms with van der Waals surface area (Å²) in [4.78, 5) is 2.40. The molecule has 82 valence electrons. The molecule has 3 nitrogen and oxygen atoms in total. The molecule has 0 atom stereocenters. The highest BCUT2D eigenvalue weighted by Crippen LogP contribution is 2.24. The minimum absolute atomic E-state index is 0.590. The van der Waals surface area contributed by atoms with Crippen molar-refractivity contribution in [1.29, 1.82) is 0 Å². The summed E-state index contributed by atoms with van der Waals surface area (Å²) < 4.78 is 0. The summed E-state index contributed by atoms with van der Waals surface area (Å²) in [6.07, 6.45) is 2.56. The second-order valence-electron chi connectivity index (χ2n) is 4.14. The molecule has 1 fully saturated rings. The van der Waals surface area contributed by atoms with Crippen molar-refractivity contribution in [3.05, 3.63) is 29.8 Å². The number of hydroxylamine groups is 2. The smallest absolute Gasteiger partial charge is 0.0506 e. The molecule has 0 unspecified atom stereocenters. The summed E-state index contributed by atoms with van der Waals surface area (Å²) in [5.41, 5.74) is 2.47. The summed E-state index contributed by atoms with van der Waals surface area (Å²) in [5.74, 6) is 0. The van der Waals surface area contributed by atoms with Gasteiger partial charge in [0, 0.05) is 25.8 Å². The maximum Gasteiger partial charge on any atom is 0.0506 e. The Morgan fingerprint density at radius 3 is 2.60 bits per heavy atom. The van der Waals surface area contributed by atoms with Crippen molar-refractivity contribution >= 4 is 5.69 Å². The Balaban J connectivity index is 2.20. The van der Waals surface area contributed by atoms with Gasteiger partial charge >= 0.3 is 0 Å². The van der Waals surface area contributed by atoms with Gasteiger partial charge in [0.25, 0.3) is 0 Å². The number of hydrogen-bond donors (Lipinski definition) is 1. The van der Waals surface area contributed by atoms with Crippen molar-refractivity contribution in [3.8, 4) is 0 Å². The molecule has 2 rings (SSSR count). The lowest BCUT2D eigenvalue weighted by molar-refractivity contribution is -0.0730. The number of nitrogens with zero attached hydrogens (tertiary/aromatic N) is 2. The first-order chi connectivity index (χ1) is 7.27. The third kappa shape index (κ3) is 2.49. The fraction of sp³-hybridized carbons (Fsp3) is 0.500. The van der Waals surface area contributed by atoms with E-state index in [-0.39, 0.29) is 0 Å². The molecular formula is C12H18N2O. The summed E-state index contributed by atoms with van der Waals surface area (Å²) >= 11 is 0. The molecule has 0 bridgehead atoms. The Bertz CT molecular complexity index is 319. The lowest BCUT2D eigenvalue weighted by atomic mass is 10.1. The molecule has 1 saturated heterocycles. The van der Waals surface area contributed by atoms with Crippen LogP contribution in [0.25, 0.3) is 0 Å². The fourth-order valence-corrected chi connectivity index (χ4v) is 2.16. The van der Waals surface area contributed by atoms with Crippen LogP contribution in [0.15, 0.2) is 24.3 Å². The highest BCUT2D eigenvalue weighted by Gasteiger charge is 2.15. The van der Waals surface area contributed by atoms with Crippen LogP contribution in [0.3, 0.4) is 0 Å². The lowest BCUT2D eigenvalue weighted by Crippen LogP contribution is -2.21. The third-order valence-electron chi connectivity index (χ3n) is 2.84. The molecule has 1 aromatic rings. The molecule has 1 aromatic carbocycles. The highest BCUT2D eigenvalue weighted by atomic mass is 16.5. The average Bonchev–Trinajstić information content (AvgIpc) is 2.70. The number of anilines is 1. The monoisotopic (exact) mass is 206 g/mol. The van der Waals surface area contributed by atoms with E-state index in [9.17, 15) is 5.21 Å². The standard InChI is InChI=1S/C12H18N2O/c1-13(15)10-11-6-2-3-7-12(11)14-8-4-5-9-14/h2-3,6-7,15H,4-5,8-10H2,1H3. The molecule has 1 N–H and O–H groups in total. The van der Waals surface area contributed by atoms with E-state index in [2.05, 4.69) is 23.1 Å². The van der Waals surface area contributed by atoms with Crippen molar-refractivity contribution in [2.24, 2.45) is 0 Å². The molecular weight excluding hydrogens is 188 g/mol. The lowest BCUT2D eigenvalue weighted by Gasteiger charge is -2.22. The first kappa shape index (κ1) is 10.5. The summed E-state index contributed by atoms with van der Waals surface area (Å²) in [7, 11) is 1.68. The maximum absolute atomic E-state index is 9.29. The van der Waals surface area contributed by atoms with Crippen molar-refractivity contribution in [2.75, 3.05) is 25.0 Å². The van der Waals surface area contributed by atoms with Crippen molar-refractivity contribution in [2.45, 2.75) is 19.4 Å². The highest BCUT2D eigenvalue weighted by molar-refractivity contribution is 5.54. The normalized spacial score (nSPS) is 16.3. The molecule has 0 amide bonds. The number of benzene rings is 1. The first-order valence-corrected chi connectivity index (χ1v) is 5.50. The van der Waals surface area contributed by atoms with E-state index < -0.39 is 0 Å². The van der Waals surface area contributed by atoms with E-state index >= 15 is 0 Å². The second kappa shape index (κ2) is 4.64. The van der Waals surface area contributed by atoms with Gasteiger partial charge in [-0.05, 0) is 24.5 Å². The molecule has 1 heterocycles. The topological polar surface area (TPSA) is 26.7 Å². The maximum atomic E-state index is 9.29. The van der Waals surface area contributed by atoms with E-state index in [1.807, 2.05) is 6.07 Å². The molecule has 0 aromatic heterocycles. The Morgan fingerprint density at radius 2 is 1.93 bits per heavy atom. The number of hydrogen-bond acceptors (Lipinski definition) is 3. The molecule has 0 radical (unpaired) electrons. The van der Waals surface area contributed by atoms with Crippen LogP contribution in [0.2, 0.25) is 0 Å². The van der Waals surface area contributed by atoms with Crippen molar-refractivity contribution in [1.82, 2.24) is 5.06 Å². The van der Waals surface area contributed by atoms with Gasteiger partial charge in [0.05, 0.1) is 6.54 Å². The van der Waals surface area contributed by atoms with Crippen LogP contribution < -0.4 is 4.90 Å². The zero-order valence-electron chi connectivity index (χ0n) is 9.19. The van der Waals surface area contributed by atoms with E-state index in [0.29, 0.717) is 6.54 Å². The van der Waals surface area contributed by atoms with Gasteiger partial charge in [-0.3, -0.25) is 0 Å². The largest absolute Gasteiger partial charge is 0.371 e. The van der Waals surface area contributed by atoms with Crippen molar-refractivity contribution in [3.63, 3.8) is 0 Å². The van der Waals surface area contributed by atoms with Crippen LogP contribution in [0.1, 0.15) is 18.4 Å². The molecule has 15 heavy (non-hydrogen) atoms. The van der Waals surface area contributed by atoms with E-state index in [1.54, 1.807) is 7.05 Å². The first-order valence-electron chi connectivity index (χ1n) is 5.50. The van der Waals surface area contributed by atoms with E-state index in [4.69, 9.17) is 0 Å². The second-order valence-corrected chi connectivity index (χ2v) is 4.14. The van der Waals surface area contributed by atoms with Crippen LogP contribution in [0.5, 0.6) is 0 Å². The van der Waals surface area contributed by atoms with Crippen LogP contribution in [0, 0.1) is 0 Å². The fourth-order valence-electron chi connectivity index (χ4n) is 2.16. The van der Waals surface area contributed by atoms with Gasteiger partial charge in [0.2, 0.25) is 0 Å². The number of para-hydroxylation sites is 1. The van der Waals surface area contributed by atoms with Crippen LogP contribution >= 0.6 is 0 Å². The summed E-state index contributed by atoms with van der Waals surface area (Å²) in [5, 5.41) is 10.5. The molecule has 3 heteroatoms. The van der Waals surface area contributed by atoms with Crippen LogP contribution in [-0.4, -0.2) is 30.4 Å². The molecule has 1 aliphatic rings. The zero-order chi connectivity index (χ0) is 10.7. The predicted molar refractivity (Wildman–Crippen MR) is 61.1 cm³/mol. The minimum atomic E-state index is 0.590. The summed E-state index contributed by atoms with van der Waals surface area (Å²) in [6, 6.07) is 8.32. The Morgan fingerprint density at radius 1 is 1.27 bits per heavy atom. The molecule has 0 saturated carbocycles. The van der Waals surface area contributed by atoms with Gasteiger partial charge in [-0.25, -0.2) is 0 Å². The van der Waals surface area contributed by atoms with Crippen molar-refractivity contribution < 1.29 is 5.21 Å². The SMILES string of the molecule is CN(O)Cc1ccccc1N1CCCC1. The van der Waals surface area contributed by atoms with Gasteiger partial charge in [-0.15, -0.1) is 0 Å². The van der Waals surface area contributed by atoms with E-state index in [1.165, 1.54) is 29.2 Å². The van der Waals surface area contributed by atoms with Crippen LogP contribution in [0.4, 0.5) is 5.69 Å². The quantitative estimate of drug-likeness (QED) is 0.767. The van der Waals surface area contributed by atoms with Crippen LogP contribution in [-0.2, 0) is 6.54 Å². The Hall–Kier alpha value is -1.06. The predicted octanol–water partition coefficient (Wildman–Crippen LogP) is 2.11. The summed E-state index contributed by atoms with van der Waals surface area (Å²) in [6.45, 7) is 2.88.